The van der Waals surface area contributed by atoms with Gasteiger partial charge in [0.1, 0.15) is 12.2 Å². The predicted octanol–water partition coefficient (Wildman–Crippen LogP) is 0.648. The summed E-state index contributed by atoms with van der Waals surface area (Å²) in [5, 5.41) is 8.58. The highest BCUT2D eigenvalue weighted by Crippen LogP contribution is 2.18. The molecule has 0 fully saturated rings. The number of nitrogens with zero attached hydrogens (tertiary/aromatic N) is 5. The van der Waals surface area contributed by atoms with Crippen LogP contribution in [0.3, 0.4) is 0 Å². The van der Waals surface area contributed by atoms with E-state index >= 15 is 0 Å². The third kappa shape index (κ3) is 2.82. The first-order chi connectivity index (χ1) is 9.02. The highest BCUT2D eigenvalue weighted by Gasteiger charge is 2.19. The van der Waals surface area contributed by atoms with Crippen LogP contribution >= 0.6 is 0 Å². The topological polar surface area (TPSA) is 86.6 Å². The summed E-state index contributed by atoms with van der Waals surface area (Å²) >= 11 is 0. The second-order valence-corrected chi connectivity index (χ2v) is 4.97. The smallest absolute Gasteiger partial charge is 0.138 e. The van der Waals surface area contributed by atoms with Gasteiger partial charge in [-0.25, -0.2) is 9.67 Å². The van der Waals surface area contributed by atoms with Crippen LogP contribution in [0, 0.1) is 6.92 Å². The molecule has 0 aliphatic rings. The number of nitrogens with two attached hydrogens (primary N) is 1. The molecule has 0 bridgehead atoms. The molecule has 2 rings (SSSR count). The van der Waals surface area contributed by atoms with Crippen molar-refractivity contribution in [1.29, 1.82) is 0 Å². The molecule has 1 atom stereocenters. The van der Waals surface area contributed by atoms with Crippen LogP contribution in [0.15, 0.2) is 12.4 Å². The molecule has 2 aromatic rings. The summed E-state index contributed by atoms with van der Waals surface area (Å²) in [6.07, 6.45) is 2.26. The van der Waals surface area contributed by atoms with Gasteiger partial charge in [0.15, 0.2) is 0 Å². The van der Waals surface area contributed by atoms with E-state index in [-0.39, 0.29) is 12.1 Å². The lowest BCUT2D eigenvalue weighted by molar-refractivity contribution is 0.454. The van der Waals surface area contributed by atoms with Gasteiger partial charge in [-0.2, -0.15) is 10.2 Å². The van der Waals surface area contributed by atoms with E-state index in [4.69, 9.17) is 5.84 Å². The Hall–Kier alpha value is -1.73. The van der Waals surface area contributed by atoms with Crippen LogP contribution in [0.25, 0.3) is 0 Å². The summed E-state index contributed by atoms with van der Waals surface area (Å²) in [7, 11) is 1.92. The Morgan fingerprint density at radius 1 is 1.42 bits per heavy atom. The van der Waals surface area contributed by atoms with E-state index in [0.717, 1.165) is 17.2 Å². The summed E-state index contributed by atoms with van der Waals surface area (Å²) in [5.74, 6) is 6.59. The number of aromatic nitrogens is 5. The molecule has 0 aliphatic heterocycles. The quantitative estimate of drug-likeness (QED) is 0.611. The lowest BCUT2D eigenvalue weighted by Gasteiger charge is -2.17. The monoisotopic (exact) mass is 263 g/mol. The van der Waals surface area contributed by atoms with E-state index < -0.39 is 0 Å². The summed E-state index contributed by atoms with van der Waals surface area (Å²) in [6, 6.07) is 2.28. The molecule has 0 saturated heterocycles. The average Bonchev–Trinajstić information content (AvgIpc) is 2.92. The van der Waals surface area contributed by atoms with E-state index in [9.17, 15) is 0 Å². The first-order valence-electron chi connectivity index (χ1n) is 6.38. The lowest BCUT2D eigenvalue weighted by atomic mass is 10.1. The van der Waals surface area contributed by atoms with Crippen molar-refractivity contribution < 1.29 is 0 Å². The molecular formula is C12H21N7. The predicted molar refractivity (Wildman–Crippen MR) is 72.1 cm³/mol. The van der Waals surface area contributed by atoms with Gasteiger partial charge in [-0.3, -0.25) is 16.0 Å². The van der Waals surface area contributed by atoms with Crippen LogP contribution in [0.4, 0.5) is 0 Å². The van der Waals surface area contributed by atoms with Crippen LogP contribution in [-0.4, -0.2) is 24.5 Å². The van der Waals surface area contributed by atoms with Gasteiger partial charge < -0.3 is 0 Å². The molecule has 0 aliphatic carbocycles. The second kappa shape index (κ2) is 5.50. The summed E-state index contributed by atoms with van der Waals surface area (Å²) in [5.41, 5.74) is 4.85. The molecule has 0 saturated carbocycles. The molecule has 1 unspecified atom stereocenters. The molecule has 0 spiro atoms. The Kier molecular flexibility index (Phi) is 3.96. The fraction of sp³-hybridized carbons (Fsp3) is 0.583. The van der Waals surface area contributed by atoms with E-state index in [1.54, 1.807) is 6.33 Å². The van der Waals surface area contributed by atoms with Gasteiger partial charge in [-0.05, 0) is 26.8 Å². The molecule has 7 heteroatoms. The summed E-state index contributed by atoms with van der Waals surface area (Å²) in [4.78, 5) is 4.31. The van der Waals surface area contributed by atoms with Gasteiger partial charge in [-0.1, -0.05) is 0 Å². The molecule has 0 aromatic carbocycles. The van der Waals surface area contributed by atoms with Crippen LogP contribution in [-0.2, 0) is 13.5 Å². The Morgan fingerprint density at radius 2 is 2.16 bits per heavy atom. The van der Waals surface area contributed by atoms with Crippen molar-refractivity contribution in [2.75, 3.05) is 0 Å². The van der Waals surface area contributed by atoms with Gasteiger partial charge in [0.05, 0.1) is 17.4 Å². The zero-order valence-corrected chi connectivity index (χ0v) is 11.8. The standard InChI is InChI=1S/C12H21N7/c1-8(2)19-12(14-7-15-19)6-10(16-13)11-5-9(3)17-18(11)4/h5,7-8,10,16H,6,13H2,1-4H3. The third-order valence-corrected chi connectivity index (χ3v) is 3.12. The van der Waals surface area contributed by atoms with Crippen molar-refractivity contribution in [2.45, 2.75) is 39.3 Å². The largest absolute Gasteiger partial charge is 0.271 e. The second-order valence-electron chi connectivity index (χ2n) is 4.97. The Balaban J connectivity index is 2.24. The molecule has 19 heavy (non-hydrogen) atoms. The van der Waals surface area contributed by atoms with Crippen molar-refractivity contribution in [1.82, 2.24) is 30.0 Å². The third-order valence-electron chi connectivity index (χ3n) is 3.12. The van der Waals surface area contributed by atoms with Crippen molar-refractivity contribution >= 4 is 0 Å². The van der Waals surface area contributed by atoms with E-state index in [0.29, 0.717) is 6.42 Å². The van der Waals surface area contributed by atoms with Crippen LogP contribution in [0.5, 0.6) is 0 Å². The zero-order chi connectivity index (χ0) is 14.0. The van der Waals surface area contributed by atoms with Crippen molar-refractivity contribution in [3.63, 3.8) is 0 Å². The normalized spacial score (nSPS) is 13.2. The Labute approximate surface area is 112 Å². The number of hydrogen-bond donors (Lipinski definition) is 2. The van der Waals surface area contributed by atoms with Crippen molar-refractivity contribution in [2.24, 2.45) is 12.9 Å². The zero-order valence-electron chi connectivity index (χ0n) is 11.8. The molecule has 3 N–H and O–H groups in total. The highest BCUT2D eigenvalue weighted by atomic mass is 15.4. The minimum absolute atomic E-state index is 0.0344. The van der Waals surface area contributed by atoms with Crippen LogP contribution < -0.4 is 11.3 Å². The van der Waals surface area contributed by atoms with Gasteiger partial charge in [-0.15, -0.1) is 0 Å². The van der Waals surface area contributed by atoms with E-state index in [1.807, 2.05) is 29.4 Å². The van der Waals surface area contributed by atoms with Crippen LogP contribution in [0.1, 0.15) is 43.1 Å². The van der Waals surface area contributed by atoms with E-state index in [2.05, 4.69) is 34.5 Å². The fourth-order valence-corrected chi connectivity index (χ4v) is 2.24. The molecule has 2 aromatic heterocycles. The molecular weight excluding hydrogens is 242 g/mol. The minimum Gasteiger partial charge on any atom is -0.271 e. The number of aryl methyl sites for hydroxylation is 2. The van der Waals surface area contributed by atoms with Gasteiger partial charge in [0.2, 0.25) is 0 Å². The first kappa shape index (κ1) is 13.7. The van der Waals surface area contributed by atoms with Gasteiger partial charge in [0, 0.05) is 19.5 Å². The number of rotatable bonds is 5. The Morgan fingerprint density at radius 3 is 2.68 bits per heavy atom. The molecule has 2 heterocycles. The van der Waals surface area contributed by atoms with Crippen molar-refractivity contribution in [3.8, 4) is 0 Å². The molecule has 0 amide bonds. The summed E-state index contributed by atoms with van der Waals surface area (Å²) in [6.45, 7) is 6.13. The maximum absolute atomic E-state index is 5.68. The first-order valence-corrected chi connectivity index (χ1v) is 6.38. The maximum atomic E-state index is 5.68. The fourth-order valence-electron chi connectivity index (χ4n) is 2.24. The van der Waals surface area contributed by atoms with E-state index in [1.165, 1.54) is 0 Å². The number of hydrazine groups is 1. The minimum atomic E-state index is -0.0344. The maximum Gasteiger partial charge on any atom is 0.138 e. The number of nitrogens with one attached hydrogen (secondary N) is 1. The van der Waals surface area contributed by atoms with Crippen LogP contribution in [0.2, 0.25) is 0 Å². The number of hydrogen-bond acceptors (Lipinski definition) is 5. The SMILES string of the molecule is Cc1cc(C(Cc2ncnn2C(C)C)NN)n(C)n1. The molecule has 104 valence electrons. The van der Waals surface area contributed by atoms with Gasteiger partial charge in [0.25, 0.3) is 0 Å². The van der Waals surface area contributed by atoms with Gasteiger partial charge >= 0.3 is 0 Å². The average molecular weight is 263 g/mol. The summed E-state index contributed by atoms with van der Waals surface area (Å²) < 4.78 is 3.75. The Bertz CT molecular complexity index is 540. The molecule has 7 nitrogen and oxygen atoms in total. The van der Waals surface area contributed by atoms with Crippen molar-refractivity contribution in [3.05, 3.63) is 29.6 Å². The lowest BCUT2D eigenvalue weighted by Crippen LogP contribution is -2.32. The highest BCUT2D eigenvalue weighted by molar-refractivity contribution is 5.14. The molecule has 0 radical (unpaired) electrons.